The van der Waals surface area contributed by atoms with E-state index in [2.05, 4.69) is 12.2 Å². The van der Waals surface area contributed by atoms with Crippen LogP contribution in [0.25, 0.3) is 0 Å². The lowest BCUT2D eigenvalue weighted by Gasteiger charge is -2.25. The minimum Gasteiger partial charge on any atom is -0.316 e. The molecule has 1 rings (SSSR count). The molecule has 0 amide bonds. The quantitative estimate of drug-likeness (QED) is 0.835. The molecule has 19 heavy (non-hydrogen) atoms. The maximum absolute atomic E-state index is 12.6. The SMILES string of the molecule is CCCC(C)N(C)S(=O)(=O)c1ccccc1CNC. The zero-order chi connectivity index (χ0) is 14.5. The van der Waals surface area contributed by atoms with Crippen molar-refractivity contribution >= 4 is 10.0 Å². The molecule has 108 valence electrons. The van der Waals surface area contributed by atoms with Crippen LogP contribution in [-0.4, -0.2) is 32.9 Å². The number of nitrogens with one attached hydrogen (secondary N) is 1. The summed E-state index contributed by atoms with van der Waals surface area (Å²) in [7, 11) is 0.0509. The van der Waals surface area contributed by atoms with E-state index in [1.165, 1.54) is 4.31 Å². The van der Waals surface area contributed by atoms with Crippen LogP contribution in [0.2, 0.25) is 0 Å². The predicted molar refractivity (Wildman–Crippen MR) is 78.5 cm³/mol. The third-order valence-electron chi connectivity index (χ3n) is 3.32. The topological polar surface area (TPSA) is 49.4 Å². The molecule has 0 saturated carbocycles. The van der Waals surface area contributed by atoms with E-state index in [1.54, 1.807) is 19.2 Å². The van der Waals surface area contributed by atoms with E-state index in [1.807, 2.05) is 26.1 Å². The maximum Gasteiger partial charge on any atom is 0.243 e. The van der Waals surface area contributed by atoms with Crippen LogP contribution in [0.1, 0.15) is 32.3 Å². The average Bonchev–Trinajstić information content (AvgIpc) is 2.39. The lowest BCUT2D eigenvalue weighted by atomic mass is 10.2. The van der Waals surface area contributed by atoms with Crippen LogP contribution in [0.3, 0.4) is 0 Å². The lowest BCUT2D eigenvalue weighted by molar-refractivity contribution is 0.368. The minimum atomic E-state index is -3.42. The van der Waals surface area contributed by atoms with Crippen molar-refractivity contribution in [2.24, 2.45) is 0 Å². The number of hydrogen-bond acceptors (Lipinski definition) is 3. The van der Waals surface area contributed by atoms with Crippen molar-refractivity contribution in [1.82, 2.24) is 9.62 Å². The van der Waals surface area contributed by atoms with E-state index in [0.717, 1.165) is 18.4 Å². The van der Waals surface area contributed by atoms with Gasteiger partial charge in [0, 0.05) is 19.6 Å². The zero-order valence-corrected chi connectivity index (χ0v) is 13.0. The summed E-state index contributed by atoms with van der Waals surface area (Å²) in [5.41, 5.74) is 0.806. The number of rotatable bonds is 7. The Hall–Kier alpha value is -0.910. The Morgan fingerprint density at radius 2 is 1.95 bits per heavy atom. The highest BCUT2D eigenvalue weighted by Gasteiger charge is 2.26. The summed E-state index contributed by atoms with van der Waals surface area (Å²) in [6, 6.07) is 7.17. The molecule has 0 aliphatic rings. The molecule has 0 aromatic heterocycles. The lowest BCUT2D eigenvalue weighted by Crippen LogP contribution is -2.35. The van der Waals surface area contributed by atoms with Crippen LogP contribution in [0.4, 0.5) is 0 Å². The van der Waals surface area contributed by atoms with Crippen molar-refractivity contribution < 1.29 is 8.42 Å². The standard InChI is InChI=1S/C14H24N2O2S/c1-5-8-12(2)16(4)19(17,18)14-10-7-6-9-13(14)11-15-3/h6-7,9-10,12,15H,5,8,11H2,1-4H3. The third kappa shape index (κ3) is 3.78. The molecule has 0 spiro atoms. The minimum absolute atomic E-state index is 0.0117. The summed E-state index contributed by atoms with van der Waals surface area (Å²) in [6.45, 7) is 4.55. The maximum atomic E-state index is 12.6. The highest BCUT2D eigenvalue weighted by molar-refractivity contribution is 7.89. The zero-order valence-electron chi connectivity index (χ0n) is 12.2. The van der Waals surface area contributed by atoms with E-state index in [4.69, 9.17) is 0 Å². The van der Waals surface area contributed by atoms with Gasteiger partial charge < -0.3 is 5.32 Å². The second kappa shape index (κ2) is 7.03. The molecule has 0 aliphatic carbocycles. The van der Waals surface area contributed by atoms with Crippen molar-refractivity contribution in [3.63, 3.8) is 0 Å². The van der Waals surface area contributed by atoms with Crippen molar-refractivity contribution in [2.45, 2.75) is 44.2 Å². The van der Waals surface area contributed by atoms with Crippen molar-refractivity contribution in [3.05, 3.63) is 29.8 Å². The Balaban J connectivity index is 3.12. The number of nitrogens with zero attached hydrogens (tertiary/aromatic N) is 1. The van der Waals surface area contributed by atoms with Gasteiger partial charge in [0.25, 0.3) is 0 Å². The first-order chi connectivity index (χ1) is 8.95. The molecular formula is C14H24N2O2S. The van der Waals surface area contributed by atoms with Crippen LogP contribution < -0.4 is 5.32 Å². The molecular weight excluding hydrogens is 260 g/mol. The van der Waals surface area contributed by atoms with Gasteiger partial charge in [0.1, 0.15) is 0 Å². The van der Waals surface area contributed by atoms with Crippen LogP contribution in [-0.2, 0) is 16.6 Å². The second-order valence-electron chi connectivity index (χ2n) is 4.80. The molecule has 0 heterocycles. The van der Waals surface area contributed by atoms with E-state index in [-0.39, 0.29) is 6.04 Å². The number of hydrogen-bond donors (Lipinski definition) is 1. The number of benzene rings is 1. The van der Waals surface area contributed by atoms with Crippen LogP contribution >= 0.6 is 0 Å². The van der Waals surface area contributed by atoms with Gasteiger partial charge in [0.15, 0.2) is 0 Å². The Labute approximate surface area is 116 Å². The fraction of sp³-hybridized carbons (Fsp3) is 0.571. The van der Waals surface area contributed by atoms with Crippen molar-refractivity contribution in [1.29, 1.82) is 0 Å². The molecule has 0 fully saturated rings. The molecule has 4 nitrogen and oxygen atoms in total. The Morgan fingerprint density at radius 3 is 2.53 bits per heavy atom. The van der Waals surface area contributed by atoms with Gasteiger partial charge in [0.05, 0.1) is 4.90 Å². The van der Waals surface area contributed by atoms with E-state index in [9.17, 15) is 8.42 Å². The number of sulfonamides is 1. The summed E-state index contributed by atoms with van der Waals surface area (Å²) >= 11 is 0. The molecule has 0 saturated heterocycles. The normalized spacial score (nSPS) is 13.7. The Morgan fingerprint density at radius 1 is 1.32 bits per heavy atom. The summed E-state index contributed by atoms with van der Waals surface area (Å²) in [4.78, 5) is 0.398. The van der Waals surface area contributed by atoms with Gasteiger partial charge in [-0.25, -0.2) is 8.42 Å². The third-order valence-corrected chi connectivity index (χ3v) is 5.40. The van der Waals surface area contributed by atoms with Gasteiger partial charge in [-0.15, -0.1) is 0 Å². The molecule has 0 aliphatic heterocycles. The van der Waals surface area contributed by atoms with Crippen LogP contribution in [0.5, 0.6) is 0 Å². The Kier molecular flexibility index (Phi) is 5.97. The molecule has 5 heteroatoms. The molecule has 1 aromatic rings. The highest BCUT2D eigenvalue weighted by Crippen LogP contribution is 2.22. The fourth-order valence-corrected chi connectivity index (χ4v) is 3.70. The molecule has 1 unspecified atom stereocenters. The highest BCUT2D eigenvalue weighted by atomic mass is 32.2. The van der Waals surface area contributed by atoms with Gasteiger partial charge >= 0.3 is 0 Å². The average molecular weight is 284 g/mol. The molecule has 1 N–H and O–H groups in total. The van der Waals surface area contributed by atoms with Crippen LogP contribution in [0, 0.1) is 0 Å². The smallest absolute Gasteiger partial charge is 0.243 e. The monoisotopic (exact) mass is 284 g/mol. The molecule has 0 radical (unpaired) electrons. The summed E-state index contributed by atoms with van der Waals surface area (Å²) < 4.78 is 26.8. The second-order valence-corrected chi connectivity index (χ2v) is 6.76. The Bertz CT molecular complexity index is 500. The van der Waals surface area contributed by atoms with E-state index < -0.39 is 10.0 Å². The summed E-state index contributed by atoms with van der Waals surface area (Å²) in [5, 5.41) is 3.01. The van der Waals surface area contributed by atoms with Gasteiger partial charge in [0.2, 0.25) is 10.0 Å². The predicted octanol–water partition coefficient (Wildman–Crippen LogP) is 2.22. The van der Waals surface area contributed by atoms with Gasteiger partial charge in [-0.2, -0.15) is 4.31 Å². The van der Waals surface area contributed by atoms with Crippen molar-refractivity contribution in [3.8, 4) is 0 Å². The van der Waals surface area contributed by atoms with E-state index in [0.29, 0.717) is 11.4 Å². The first-order valence-corrected chi connectivity index (χ1v) is 8.09. The first kappa shape index (κ1) is 16.1. The molecule has 0 bridgehead atoms. The summed E-state index contributed by atoms with van der Waals surface area (Å²) in [6.07, 6.45) is 1.84. The van der Waals surface area contributed by atoms with Crippen molar-refractivity contribution in [2.75, 3.05) is 14.1 Å². The fourth-order valence-electron chi connectivity index (χ4n) is 2.08. The van der Waals surface area contributed by atoms with Crippen LogP contribution in [0.15, 0.2) is 29.2 Å². The summed E-state index contributed by atoms with van der Waals surface area (Å²) in [5.74, 6) is 0. The van der Waals surface area contributed by atoms with Gasteiger partial charge in [-0.1, -0.05) is 31.5 Å². The van der Waals surface area contributed by atoms with E-state index >= 15 is 0 Å². The van der Waals surface area contributed by atoms with Gasteiger partial charge in [-0.3, -0.25) is 0 Å². The largest absolute Gasteiger partial charge is 0.316 e. The molecule has 1 aromatic carbocycles. The van der Waals surface area contributed by atoms with Gasteiger partial charge in [-0.05, 0) is 32.0 Å². The molecule has 1 atom stereocenters. The first-order valence-electron chi connectivity index (χ1n) is 6.65.